The van der Waals surface area contributed by atoms with Gasteiger partial charge in [0.25, 0.3) is 0 Å². The van der Waals surface area contributed by atoms with Crippen molar-refractivity contribution in [2.24, 2.45) is 0 Å². The number of hydrogen-bond acceptors (Lipinski definition) is 3. The summed E-state index contributed by atoms with van der Waals surface area (Å²) in [5.74, 6) is 0. The molecule has 0 saturated heterocycles. The Labute approximate surface area is 147 Å². The average molecular weight is 351 g/mol. The third kappa shape index (κ3) is 5.39. The zero-order chi connectivity index (χ0) is 18.6. The third-order valence-corrected chi connectivity index (χ3v) is 3.99. The van der Waals surface area contributed by atoms with Crippen molar-refractivity contribution in [2.45, 2.75) is 12.2 Å². The molecule has 0 aromatic heterocycles. The molecule has 0 bridgehead atoms. The standard InChI is InChI=1S/C19H24F3N3/c1-24(2)16-9-5-14(6-10-16)18(23-13-19(20,21)22)15-7-11-17(12-8-15)25(3)4/h5-12,18,23H,13H2,1-4H3. The first-order valence-corrected chi connectivity index (χ1v) is 8.02. The van der Waals surface area contributed by atoms with Crippen LogP contribution in [0.5, 0.6) is 0 Å². The molecule has 0 radical (unpaired) electrons. The van der Waals surface area contributed by atoms with Gasteiger partial charge in [-0.2, -0.15) is 13.2 Å². The van der Waals surface area contributed by atoms with Crippen LogP contribution in [-0.4, -0.2) is 40.9 Å². The molecule has 0 aliphatic rings. The van der Waals surface area contributed by atoms with Crippen LogP contribution in [0.1, 0.15) is 17.2 Å². The Bertz CT molecular complexity index is 610. The van der Waals surface area contributed by atoms with Crippen LogP contribution in [0.4, 0.5) is 24.5 Å². The highest BCUT2D eigenvalue weighted by atomic mass is 19.4. The maximum atomic E-state index is 12.7. The summed E-state index contributed by atoms with van der Waals surface area (Å²) in [6.07, 6.45) is -4.26. The van der Waals surface area contributed by atoms with E-state index in [0.717, 1.165) is 22.5 Å². The van der Waals surface area contributed by atoms with E-state index < -0.39 is 18.8 Å². The molecule has 136 valence electrons. The van der Waals surface area contributed by atoms with Gasteiger partial charge in [-0.3, -0.25) is 5.32 Å². The number of alkyl halides is 3. The van der Waals surface area contributed by atoms with Gasteiger partial charge >= 0.3 is 6.18 Å². The topological polar surface area (TPSA) is 18.5 Å². The Balaban J connectivity index is 2.31. The summed E-state index contributed by atoms with van der Waals surface area (Å²) < 4.78 is 38.1. The van der Waals surface area contributed by atoms with Gasteiger partial charge in [-0.15, -0.1) is 0 Å². The first-order chi connectivity index (χ1) is 11.7. The minimum atomic E-state index is -4.26. The van der Waals surface area contributed by atoms with Gasteiger partial charge in [0.05, 0.1) is 12.6 Å². The largest absolute Gasteiger partial charge is 0.401 e. The van der Waals surface area contributed by atoms with Gasteiger partial charge < -0.3 is 9.80 Å². The van der Waals surface area contributed by atoms with Gasteiger partial charge in [0, 0.05) is 39.6 Å². The Morgan fingerprint density at radius 1 is 0.760 bits per heavy atom. The summed E-state index contributed by atoms with van der Waals surface area (Å²) in [6.45, 7) is -1.04. The molecule has 0 heterocycles. The smallest absolute Gasteiger partial charge is 0.378 e. The van der Waals surface area contributed by atoms with E-state index in [1.807, 2.05) is 86.5 Å². The van der Waals surface area contributed by atoms with Gasteiger partial charge in [0.15, 0.2) is 0 Å². The second kappa shape index (κ2) is 7.78. The number of hydrogen-bond donors (Lipinski definition) is 1. The van der Waals surface area contributed by atoms with E-state index in [1.54, 1.807) is 0 Å². The Hall–Kier alpha value is -2.21. The molecule has 0 aliphatic heterocycles. The molecule has 0 fully saturated rings. The van der Waals surface area contributed by atoms with Gasteiger partial charge in [-0.1, -0.05) is 24.3 Å². The van der Waals surface area contributed by atoms with E-state index in [2.05, 4.69) is 5.32 Å². The fraction of sp³-hybridized carbons (Fsp3) is 0.368. The van der Waals surface area contributed by atoms with Crippen LogP contribution >= 0.6 is 0 Å². The quantitative estimate of drug-likeness (QED) is 0.847. The summed E-state index contributed by atoms with van der Waals surface area (Å²) in [4.78, 5) is 3.90. The van der Waals surface area contributed by atoms with Crippen LogP contribution in [0.25, 0.3) is 0 Å². The molecule has 0 saturated carbocycles. The number of anilines is 2. The van der Waals surface area contributed by atoms with E-state index in [1.165, 1.54) is 0 Å². The highest BCUT2D eigenvalue weighted by Crippen LogP contribution is 2.27. The first kappa shape index (κ1) is 19.1. The average Bonchev–Trinajstić information content (AvgIpc) is 2.55. The Morgan fingerprint density at radius 2 is 1.12 bits per heavy atom. The first-order valence-electron chi connectivity index (χ1n) is 8.02. The van der Waals surface area contributed by atoms with Crippen LogP contribution in [0.2, 0.25) is 0 Å². The maximum absolute atomic E-state index is 12.7. The molecule has 0 aliphatic carbocycles. The molecule has 2 rings (SSSR count). The van der Waals surface area contributed by atoms with E-state index in [-0.39, 0.29) is 0 Å². The van der Waals surface area contributed by atoms with Gasteiger partial charge in [0.2, 0.25) is 0 Å². The third-order valence-electron chi connectivity index (χ3n) is 3.99. The minimum absolute atomic E-state index is 0.519. The van der Waals surface area contributed by atoms with Gasteiger partial charge in [-0.05, 0) is 35.4 Å². The fourth-order valence-electron chi connectivity index (χ4n) is 2.58. The van der Waals surface area contributed by atoms with Gasteiger partial charge in [0.1, 0.15) is 0 Å². The lowest BCUT2D eigenvalue weighted by Crippen LogP contribution is -2.32. The normalized spacial score (nSPS) is 11.7. The van der Waals surface area contributed by atoms with E-state index in [9.17, 15) is 13.2 Å². The second-order valence-electron chi connectivity index (χ2n) is 6.40. The lowest BCUT2D eigenvalue weighted by Gasteiger charge is -2.23. The lowest BCUT2D eigenvalue weighted by atomic mass is 9.98. The number of nitrogens with zero attached hydrogens (tertiary/aromatic N) is 2. The van der Waals surface area contributed by atoms with Crippen molar-refractivity contribution in [1.29, 1.82) is 0 Å². The summed E-state index contributed by atoms with van der Waals surface area (Å²) in [5, 5.41) is 2.64. The number of nitrogens with one attached hydrogen (secondary N) is 1. The molecule has 6 heteroatoms. The van der Waals surface area contributed by atoms with Crippen LogP contribution in [0.15, 0.2) is 48.5 Å². The highest BCUT2D eigenvalue weighted by molar-refractivity contribution is 5.50. The number of rotatable bonds is 6. The van der Waals surface area contributed by atoms with E-state index in [0.29, 0.717) is 0 Å². The molecule has 0 unspecified atom stereocenters. The van der Waals surface area contributed by atoms with Crippen LogP contribution in [0.3, 0.4) is 0 Å². The Morgan fingerprint density at radius 3 is 1.40 bits per heavy atom. The van der Waals surface area contributed by atoms with Crippen LogP contribution in [-0.2, 0) is 0 Å². The number of halogens is 3. The SMILES string of the molecule is CN(C)c1ccc(C(NCC(F)(F)F)c2ccc(N(C)C)cc2)cc1. The van der Waals surface area contributed by atoms with Crippen molar-refractivity contribution in [3.63, 3.8) is 0 Å². The molecule has 3 nitrogen and oxygen atoms in total. The zero-order valence-corrected chi connectivity index (χ0v) is 14.9. The van der Waals surface area contributed by atoms with Crippen molar-refractivity contribution < 1.29 is 13.2 Å². The number of benzene rings is 2. The monoisotopic (exact) mass is 351 g/mol. The Kier molecular flexibility index (Phi) is 5.95. The molecule has 2 aromatic rings. The molecule has 2 aromatic carbocycles. The summed E-state index contributed by atoms with van der Waals surface area (Å²) in [7, 11) is 7.70. The molecular weight excluding hydrogens is 327 g/mol. The van der Waals surface area contributed by atoms with Crippen molar-refractivity contribution in [3.05, 3.63) is 59.7 Å². The van der Waals surface area contributed by atoms with Crippen molar-refractivity contribution in [2.75, 3.05) is 44.5 Å². The summed E-state index contributed by atoms with van der Waals surface area (Å²) in [6, 6.07) is 14.6. The molecule has 0 spiro atoms. The predicted molar refractivity (Wildman–Crippen MR) is 97.4 cm³/mol. The molecule has 0 atom stereocenters. The maximum Gasteiger partial charge on any atom is 0.401 e. The highest BCUT2D eigenvalue weighted by Gasteiger charge is 2.29. The van der Waals surface area contributed by atoms with E-state index in [4.69, 9.17) is 0 Å². The summed E-state index contributed by atoms with van der Waals surface area (Å²) in [5.41, 5.74) is 3.60. The predicted octanol–water partition coefficient (Wildman–Crippen LogP) is 4.06. The molecular formula is C19H24F3N3. The molecule has 0 amide bonds. The zero-order valence-electron chi connectivity index (χ0n) is 14.9. The van der Waals surface area contributed by atoms with Crippen LogP contribution < -0.4 is 15.1 Å². The van der Waals surface area contributed by atoms with Crippen molar-refractivity contribution in [3.8, 4) is 0 Å². The fourth-order valence-corrected chi connectivity index (χ4v) is 2.58. The van der Waals surface area contributed by atoms with Crippen molar-refractivity contribution in [1.82, 2.24) is 5.32 Å². The minimum Gasteiger partial charge on any atom is -0.378 e. The molecule has 25 heavy (non-hydrogen) atoms. The van der Waals surface area contributed by atoms with Gasteiger partial charge in [-0.25, -0.2) is 0 Å². The lowest BCUT2D eigenvalue weighted by molar-refractivity contribution is -0.125. The molecule has 1 N–H and O–H groups in total. The summed E-state index contributed by atoms with van der Waals surface area (Å²) >= 11 is 0. The van der Waals surface area contributed by atoms with Crippen LogP contribution in [0, 0.1) is 0 Å². The second-order valence-corrected chi connectivity index (χ2v) is 6.40. The van der Waals surface area contributed by atoms with Crippen molar-refractivity contribution >= 4 is 11.4 Å². The van der Waals surface area contributed by atoms with E-state index >= 15 is 0 Å².